The highest BCUT2D eigenvalue weighted by Gasteiger charge is 2.04. The first-order valence-corrected chi connectivity index (χ1v) is 7.31. The van der Waals surface area contributed by atoms with Crippen molar-refractivity contribution in [3.63, 3.8) is 0 Å². The molecular weight excluding hydrogens is 310 g/mol. The third-order valence-corrected chi connectivity index (χ3v) is 3.23. The summed E-state index contributed by atoms with van der Waals surface area (Å²) < 4.78 is 5.61. The maximum Gasteiger partial charge on any atom is 0.162 e. The average Bonchev–Trinajstić information content (AvgIpc) is 3.25. The second-order valence-electron chi connectivity index (χ2n) is 4.88. The Hall–Kier alpha value is -3.49. The van der Waals surface area contributed by atoms with Gasteiger partial charge < -0.3 is 9.57 Å². The summed E-state index contributed by atoms with van der Waals surface area (Å²) in [6.07, 6.45) is 1.39. The lowest BCUT2D eigenvalue weighted by Crippen LogP contribution is -2.11. The third kappa shape index (κ3) is 3.14. The van der Waals surface area contributed by atoms with Crippen molar-refractivity contribution in [3.8, 4) is 11.5 Å². The molecule has 2 aromatic heterocycles. The first-order valence-electron chi connectivity index (χ1n) is 7.31. The van der Waals surface area contributed by atoms with Crippen molar-refractivity contribution in [2.45, 2.75) is 6.54 Å². The van der Waals surface area contributed by atoms with E-state index >= 15 is 0 Å². The van der Waals surface area contributed by atoms with Crippen molar-refractivity contribution >= 4 is 11.0 Å². The Morgan fingerprint density at radius 3 is 2.25 bits per heavy atom. The highest BCUT2D eigenvalue weighted by molar-refractivity contribution is 5.72. The molecule has 9 heteroatoms. The first-order chi connectivity index (χ1) is 11.9. The minimum Gasteiger partial charge on any atom is -0.492 e. The van der Waals surface area contributed by atoms with Crippen LogP contribution in [0.2, 0.25) is 0 Å². The molecule has 9 nitrogen and oxygen atoms in total. The van der Waals surface area contributed by atoms with Crippen molar-refractivity contribution in [1.82, 2.24) is 35.4 Å². The van der Waals surface area contributed by atoms with Crippen LogP contribution >= 0.6 is 0 Å². The van der Waals surface area contributed by atoms with Gasteiger partial charge in [0.2, 0.25) is 0 Å². The lowest BCUT2D eigenvalue weighted by atomic mass is 10.3. The second kappa shape index (κ2) is 6.32. The summed E-state index contributed by atoms with van der Waals surface area (Å²) in [6, 6.07) is 14.8. The topological polar surface area (TPSA) is 92.8 Å². The number of nitrogens with zero attached hydrogens (tertiary/aromatic N) is 7. The molecule has 0 bridgehead atoms. The molecule has 0 aliphatic carbocycles. The number of aromatic nitrogens is 7. The van der Waals surface area contributed by atoms with Gasteiger partial charge in [-0.2, -0.15) is 4.80 Å². The summed E-state index contributed by atoms with van der Waals surface area (Å²) in [7, 11) is 0. The van der Waals surface area contributed by atoms with Crippen molar-refractivity contribution in [2.24, 2.45) is 0 Å². The van der Waals surface area contributed by atoms with Crippen LogP contribution in [0.5, 0.6) is 11.5 Å². The van der Waals surface area contributed by atoms with Crippen LogP contribution in [0.1, 0.15) is 0 Å². The van der Waals surface area contributed by atoms with E-state index in [0.29, 0.717) is 18.9 Å². The minimum absolute atomic E-state index is 0.447. The number of fused-ring (bicyclic) bond motifs is 1. The molecule has 0 unspecified atom stereocenters. The number of rotatable bonds is 6. The van der Waals surface area contributed by atoms with Gasteiger partial charge in [-0.25, -0.2) is 0 Å². The number of tetrazole rings is 1. The Kier molecular flexibility index (Phi) is 3.72. The zero-order valence-corrected chi connectivity index (χ0v) is 12.6. The predicted octanol–water partition coefficient (Wildman–Crippen LogP) is 1.34. The Bertz CT molecular complexity index is 886. The van der Waals surface area contributed by atoms with E-state index in [-0.39, 0.29) is 0 Å². The third-order valence-electron chi connectivity index (χ3n) is 3.23. The molecule has 0 saturated carbocycles. The monoisotopic (exact) mass is 323 g/mol. The predicted molar refractivity (Wildman–Crippen MR) is 83.3 cm³/mol. The van der Waals surface area contributed by atoms with Crippen LogP contribution in [0, 0.1) is 0 Å². The summed E-state index contributed by atoms with van der Waals surface area (Å²) >= 11 is 0. The van der Waals surface area contributed by atoms with E-state index in [1.165, 1.54) is 16.1 Å². The summed E-state index contributed by atoms with van der Waals surface area (Å²) in [5, 5.41) is 19.8. The van der Waals surface area contributed by atoms with Crippen molar-refractivity contribution in [1.29, 1.82) is 0 Å². The molecule has 0 fully saturated rings. The Labute approximate surface area is 136 Å². The average molecular weight is 323 g/mol. The molecule has 0 spiro atoms. The van der Waals surface area contributed by atoms with Crippen molar-refractivity contribution in [2.75, 3.05) is 6.61 Å². The molecule has 0 saturated heterocycles. The molecular formula is C15H13N7O2. The zero-order valence-electron chi connectivity index (χ0n) is 12.6. The van der Waals surface area contributed by atoms with Crippen LogP contribution in [0.25, 0.3) is 11.0 Å². The maximum absolute atomic E-state index is 5.61. The number of benzene rings is 2. The molecule has 0 aliphatic heterocycles. The smallest absolute Gasteiger partial charge is 0.162 e. The summed E-state index contributed by atoms with van der Waals surface area (Å²) in [6.45, 7) is 0.977. The Balaban J connectivity index is 1.36. The van der Waals surface area contributed by atoms with Gasteiger partial charge in [0.25, 0.3) is 0 Å². The molecule has 4 aromatic rings. The van der Waals surface area contributed by atoms with Crippen molar-refractivity contribution < 1.29 is 9.57 Å². The van der Waals surface area contributed by atoms with Gasteiger partial charge in [-0.15, -0.1) is 20.4 Å². The largest absolute Gasteiger partial charge is 0.492 e. The van der Waals surface area contributed by atoms with Gasteiger partial charge in [-0.3, -0.25) is 0 Å². The van der Waals surface area contributed by atoms with Gasteiger partial charge in [-0.1, -0.05) is 12.1 Å². The van der Waals surface area contributed by atoms with Gasteiger partial charge >= 0.3 is 0 Å². The quantitative estimate of drug-likeness (QED) is 0.528. The van der Waals surface area contributed by atoms with Gasteiger partial charge in [0.15, 0.2) is 12.1 Å². The van der Waals surface area contributed by atoms with E-state index in [2.05, 4.69) is 25.6 Å². The fraction of sp³-hybridized carbons (Fsp3) is 0.133. The lowest BCUT2D eigenvalue weighted by molar-refractivity contribution is 0.143. The van der Waals surface area contributed by atoms with Crippen LogP contribution in [0.15, 0.2) is 54.9 Å². The fourth-order valence-corrected chi connectivity index (χ4v) is 2.11. The maximum atomic E-state index is 5.61. The summed E-state index contributed by atoms with van der Waals surface area (Å²) in [4.78, 5) is 8.26. The van der Waals surface area contributed by atoms with Crippen LogP contribution < -0.4 is 9.57 Å². The summed E-state index contributed by atoms with van der Waals surface area (Å²) in [5.41, 5.74) is 1.55. The van der Waals surface area contributed by atoms with Crippen LogP contribution in [-0.2, 0) is 6.54 Å². The van der Waals surface area contributed by atoms with E-state index < -0.39 is 0 Å². The molecule has 2 aromatic carbocycles. The molecule has 0 amide bonds. The standard InChI is InChI=1S/C15H13N7O2/c1-2-4-15-14(3-1)18-22(19-15)24-13-7-5-12(6-8-13)23-10-9-21-17-11-16-20-21/h1-8,11H,9-10H2. The van der Waals surface area contributed by atoms with Crippen LogP contribution in [0.4, 0.5) is 0 Å². The van der Waals surface area contributed by atoms with Crippen molar-refractivity contribution in [3.05, 3.63) is 54.9 Å². The zero-order chi connectivity index (χ0) is 16.2. The Morgan fingerprint density at radius 1 is 0.875 bits per heavy atom. The van der Waals surface area contributed by atoms with E-state index in [4.69, 9.17) is 9.57 Å². The van der Waals surface area contributed by atoms with E-state index in [0.717, 1.165) is 16.8 Å². The minimum atomic E-state index is 0.447. The molecule has 120 valence electrons. The normalized spacial score (nSPS) is 10.8. The SMILES string of the molecule is c1ccc2nn(Oc3ccc(OCCn4ncnn4)cc3)nc2c1. The van der Waals surface area contributed by atoms with E-state index in [1.54, 1.807) is 12.1 Å². The van der Waals surface area contributed by atoms with Crippen LogP contribution in [-0.4, -0.2) is 42.0 Å². The molecule has 0 atom stereocenters. The second-order valence-corrected chi connectivity index (χ2v) is 4.88. The van der Waals surface area contributed by atoms with Gasteiger partial charge in [0, 0.05) is 4.96 Å². The molecule has 0 radical (unpaired) electrons. The Morgan fingerprint density at radius 2 is 1.58 bits per heavy atom. The number of hydrogen-bond donors (Lipinski definition) is 0. The highest BCUT2D eigenvalue weighted by atomic mass is 16.7. The van der Waals surface area contributed by atoms with Gasteiger partial charge in [0.1, 0.15) is 23.4 Å². The van der Waals surface area contributed by atoms with Gasteiger partial charge in [-0.05, 0) is 41.6 Å². The lowest BCUT2D eigenvalue weighted by Gasteiger charge is -2.06. The molecule has 0 N–H and O–H groups in total. The molecule has 4 rings (SSSR count). The number of ether oxygens (including phenoxy) is 1. The number of hydrogen-bond acceptors (Lipinski definition) is 7. The van der Waals surface area contributed by atoms with E-state index in [9.17, 15) is 0 Å². The highest BCUT2D eigenvalue weighted by Crippen LogP contribution is 2.18. The van der Waals surface area contributed by atoms with Gasteiger partial charge in [0.05, 0.1) is 6.54 Å². The van der Waals surface area contributed by atoms with Crippen LogP contribution in [0.3, 0.4) is 0 Å². The summed E-state index contributed by atoms with van der Waals surface area (Å²) in [5.74, 6) is 1.33. The molecule has 0 aliphatic rings. The fourth-order valence-electron chi connectivity index (χ4n) is 2.11. The van der Waals surface area contributed by atoms with E-state index in [1.807, 2.05) is 36.4 Å². The molecule has 2 heterocycles. The molecule has 24 heavy (non-hydrogen) atoms. The first kappa shape index (κ1) is 14.1.